The molecule has 3 rings (SSSR count). The van der Waals surface area contributed by atoms with Crippen LogP contribution in [-0.4, -0.2) is 31.2 Å². The van der Waals surface area contributed by atoms with E-state index in [4.69, 9.17) is 4.74 Å². The van der Waals surface area contributed by atoms with Gasteiger partial charge in [0, 0.05) is 18.8 Å². The summed E-state index contributed by atoms with van der Waals surface area (Å²) in [6.45, 7) is 1.14. The lowest BCUT2D eigenvalue weighted by Crippen LogP contribution is -2.35. The van der Waals surface area contributed by atoms with Crippen LogP contribution in [0.25, 0.3) is 0 Å². The van der Waals surface area contributed by atoms with Crippen LogP contribution in [0.4, 0.5) is 20.6 Å². The molecule has 3 N–H and O–H groups in total. The maximum absolute atomic E-state index is 14.0. The van der Waals surface area contributed by atoms with Crippen molar-refractivity contribution >= 4 is 23.3 Å². The third-order valence-electron chi connectivity index (χ3n) is 4.22. The molecule has 1 fully saturated rings. The zero-order chi connectivity index (χ0) is 19.1. The Bertz CT molecular complexity index is 792. The predicted octanol–water partition coefficient (Wildman–Crippen LogP) is 3.31. The van der Waals surface area contributed by atoms with Gasteiger partial charge in [-0.1, -0.05) is 30.3 Å². The van der Waals surface area contributed by atoms with Gasteiger partial charge in [-0.05, 0) is 36.6 Å². The summed E-state index contributed by atoms with van der Waals surface area (Å²) in [4.78, 5) is 24.1. The number of hydrogen-bond donors (Lipinski definition) is 3. The van der Waals surface area contributed by atoms with E-state index in [-0.39, 0.29) is 24.1 Å². The Kier molecular flexibility index (Phi) is 6.38. The fourth-order valence-electron chi connectivity index (χ4n) is 2.86. The molecule has 142 valence electrons. The molecule has 0 unspecified atom stereocenters. The lowest BCUT2D eigenvalue weighted by molar-refractivity contribution is -0.115. The molecule has 1 aliphatic rings. The molecule has 1 heterocycles. The number of hydrogen-bond acceptors (Lipinski definition) is 3. The van der Waals surface area contributed by atoms with Gasteiger partial charge < -0.3 is 20.7 Å². The van der Waals surface area contributed by atoms with Gasteiger partial charge in [-0.15, -0.1) is 0 Å². The molecular formula is C20H22FN3O3. The Balaban J connectivity index is 1.55. The van der Waals surface area contributed by atoms with Crippen LogP contribution in [-0.2, 0) is 16.0 Å². The number of carbonyl (C=O) groups is 2. The fourth-order valence-corrected chi connectivity index (χ4v) is 2.86. The van der Waals surface area contributed by atoms with Crippen LogP contribution in [0, 0.1) is 5.82 Å². The van der Waals surface area contributed by atoms with E-state index in [1.54, 1.807) is 0 Å². The molecular weight excluding hydrogens is 349 g/mol. The summed E-state index contributed by atoms with van der Waals surface area (Å²) in [6.07, 6.45) is 2.10. The number of ether oxygens (including phenoxy) is 1. The second-order valence-corrected chi connectivity index (χ2v) is 6.38. The molecule has 3 amide bonds. The summed E-state index contributed by atoms with van der Waals surface area (Å²) < 4.78 is 19.4. The molecule has 0 radical (unpaired) electrons. The molecule has 0 spiro atoms. The fraction of sp³-hybridized carbons (Fsp3) is 0.300. The second kappa shape index (κ2) is 9.14. The lowest BCUT2D eigenvalue weighted by Gasteiger charge is -2.13. The molecule has 0 bridgehead atoms. The predicted molar refractivity (Wildman–Crippen MR) is 101 cm³/mol. The topological polar surface area (TPSA) is 79.5 Å². The third-order valence-corrected chi connectivity index (χ3v) is 4.22. The highest BCUT2D eigenvalue weighted by Crippen LogP contribution is 2.20. The van der Waals surface area contributed by atoms with Crippen LogP contribution in [0.15, 0.2) is 48.5 Å². The number of rotatable bonds is 6. The van der Waals surface area contributed by atoms with Crippen LogP contribution >= 0.6 is 0 Å². The van der Waals surface area contributed by atoms with Crippen molar-refractivity contribution in [1.29, 1.82) is 0 Å². The lowest BCUT2D eigenvalue weighted by atomic mass is 10.1. The maximum atomic E-state index is 14.0. The van der Waals surface area contributed by atoms with Gasteiger partial charge in [0.15, 0.2) is 0 Å². The summed E-state index contributed by atoms with van der Waals surface area (Å²) >= 11 is 0. The van der Waals surface area contributed by atoms with Crippen molar-refractivity contribution in [2.24, 2.45) is 0 Å². The Morgan fingerprint density at radius 3 is 2.67 bits per heavy atom. The molecule has 0 saturated carbocycles. The highest BCUT2D eigenvalue weighted by Gasteiger charge is 2.16. The van der Waals surface area contributed by atoms with Crippen molar-refractivity contribution < 1.29 is 18.7 Å². The molecule has 1 atom stereocenters. The van der Waals surface area contributed by atoms with E-state index in [0.717, 1.165) is 25.0 Å². The van der Waals surface area contributed by atoms with E-state index in [9.17, 15) is 14.0 Å². The minimum atomic E-state index is -0.568. The number of halogens is 1. The molecule has 2 aromatic carbocycles. The normalized spacial score (nSPS) is 16.0. The van der Waals surface area contributed by atoms with Gasteiger partial charge in [0.05, 0.1) is 18.2 Å². The second-order valence-electron chi connectivity index (χ2n) is 6.38. The molecule has 0 aromatic heterocycles. The zero-order valence-electron chi connectivity index (χ0n) is 14.8. The summed E-state index contributed by atoms with van der Waals surface area (Å²) in [6, 6.07) is 12.8. The number of anilines is 2. The van der Waals surface area contributed by atoms with Crippen LogP contribution in [0.3, 0.4) is 0 Å². The number of amides is 3. The molecule has 1 aliphatic heterocycles. The van der Waals surface area contributed by atoms with Gasteiger partial charge in [0.1, 0.15) is 5.82 Å². The van der Waals surface area contributed by atoms with Crippen LogP contribution in [0.5, 0.6) is 0 Å². The average molecular weight is 371 g/mol. The van der Waals surface area contributed by atoms with Gasteiger partial charge in [-0.3, -0.25) is 4.79 Å². The summed E-state index contributed by atoms with van der Waals surface area (Å²) in [7, 11) is 0. The Morgan fingerprint density at radius 1 is 1.11 bits per heavy atom. The summed E-state index contributed by atoms with van der Waals surface area (Å²) in [5.41, 5.74) is 1.24. The smallest absolute Gasteiger partial charge is 0.319 e. The van der Waals surface area contributed by atoms with Crippen molar-refractivity contribution in [3.05, 3.63) is 59.9 Å². The van der Waals surface area contributed by atoms with Crippen LogP contribution < -0.4 is 16.0 Å². The average Bonchev–Trinajstić information content (AvgIpc) is 3.17. The number of carbonyl (C=O) groups excluding carboxylic acids is 2. The van der Waals surface area contributed by atoms with Gasteiger partial charge >= 0.3 is 6.03 Å². The molecule has 1 saturated heterocycles. The van der Waals surface area contributed by atoms with Crippen molar-refractivity contribution in [3.63, 3.8) is 0 Å². The first-order valence-corrected chi connectivity index (χ1v) is 8.90. The maximum Gasteiger partial charge on any atom is 0.319 e. The van der Waals surface area contributed by atoms with Crippen molar-refractivity contribution in [2.45, 2.75) is 25.4 Å². The number of urea groups is 1. The molecule has 27 heavy (non-hydrogen) atoms. The van der Waals surface area contributed by atoms with E-state index in [0.29, 0.717) is 12.2 Å². The molecule has 0 aliphatic carbocycles. The van der Waals surface area contributed by atoms with E-state index in [2.05, 4.69) is 16.0 Å². The molecule has 2 aromatic rings. The molecule has 6 nitrogen and oxygen atoms in total. The standard InChI is InChI=1S/C20H22FN3O3/c21-17-9-8-15(23-20(26)22-13-16-7-4-10-27-16)12-18(17)24-19(25)11-14-5-2-1-3-6-14/h1-3,5-6,8-9,12,16H,4,7,10-11,13H2,(H,24,25)(H2,22,23,26)/t16-/m1/s1. The van der Waals surface area contributed by atoms with Gasteiger partial charge in [0.25, 0.3) is 0 Å². The first kappa shape index (κ1) is 18.8. The summed E-state index contributed by atoms with van der Waals surface area (Å²) in [5, 5.41) is 7.90. The Morgan fingerprint density at radius 2 is 1.93 bits per heavy atom. The summed E-state index contributed by atoms with van der Waals surface area (Å²) in [5.74, 6) is -0.901. The Labute approximate surface area is 157 Å². The van der Waals surface area contributed by atoms with E-state index < -0.39 is 11.8 Å². The first-order chi connectivity index (χ1) is 13.1. The number of nitrogens with one attached hydrogen (secondary N) is 3. The van der Waals surface area contributed by atoms with Gasteiger partial charge in [0.2, 0.25) is 5.91 Å². The zero-order valence-corrected chi connectivity index (χ0v) is 14.8. The van der Waals surface area contributed by atoms with Gasteiger partial charge in [-0.25, -0.2) is 9.18 Å². The number of benzene rings is 2. The van der Waals surface area contributed by atoms with E-state index in [1.807, 2.05) is 30.3 Å². The van der Waals surface area contributed by atoms with Crippen molar-refractivity contribution in [2.75, 3.05) is 23.8 Å². The largest absolute Gasteiger partial charge is 0.376 e. The van der Waals surface area contributed by atoms with Crippen LogP contribution in [0.2, 0.25) is 0 Å². The highest BCUT2D eigenvalue weighted by atomic mass is 19.1. The third kappa shape index (κ3) is 5.79. The minimum Gasteiger partial charge on any atom is -0.376 e. The van der Waals surface area contributed by atoms with E-state index in [1.165, 1.54) is 18.2 Å². The molecule has 7 heteroatoms. The highest BCUT2D eigenvalue weighted by molar-refractivity contribution is 5.94. The van der Waals surface area contributed by atoms with Crippen molar-refractivity contribution in [1.82, 2.24) is 5.32 Å². The van der Waals surface area contributed by atoms with Gasteiger partial charge in [-0.2, -0.15) is 0 Å². The minimum absolute atomic E-state index is 0.0212. The van der Waals surface area contributed by atoms with Crippen molar-refractivity contribution in [3.8, 4) is 0 Å². The Hall–Kier alpha value is -2.93. The monoisotopic (exact) mass is 371 g/mol. The SMILES string of the molecule is O=C(Cc1ccccc1)Nc1cc(NC(=O)NC[C@H]2CCCO2)ccc1F. The van der Waals surface area contributed by atoms with E-state index >= 15 is 0 Å². The first-order valence-electron chi connectivity index (χ1n) is 8.90. The van der Waals surface area contributed by atoms with Crippen LogP contribution in [0.1, 0.15) is 18.4 Å². The quantitative estimate of drug-likeness (QED) is 0.729.